The molecule has 222 valence electrons. The molecule has 1 saturated heterocycles. The van der Waals surface area contributed by atoms with Crippen LogP contribution in [0.15, 0.2) is 76.2 Å². The molecule has 1 aliphatic carbocycles. The third kappa shape index (κ3) is 6.41. The van der Waals surface area contributed by atoms with E-state index in [2.05, 4.69) is 25.6 Å². The summed E-state index contributed by atoms with van der Waals surface area (Å²) in [5, 5.41) is 6.75. The molecule has 4 N–H and O–H groups in total. The molecule has 0 spiro atoms. The van der Waals surface area contributed by atoms with Crippen molar-refractivity contribution in [1.82, 2.24) is 25.2 Å². The highest BCUT2D eigenvalue weighted by Gasteiger charge is 2.49. The molecule has 0 bridgehead atoms. The van der Waals surface area contributed by atoms with Crippen molar-refractivity contribution in [3.63, 3.8) is 0 Å². The molecule has 0 radical (unpaired) electrons. The Morgan fingerprint density at radius 1 is 1.05 bits per heavy atom. The summed E-state index contributed by atoms with van der Waals surface area (Å²) in [5.41, 5.74) is 6.95. The van der Waals surface area contributed by atoms with Gasteiger partial charge in [0, 0.05) is 37.4 Å². The number of halogens is 1. The molecule has 2 aliphatic rings. The molecular weight excluding hydrogens is 586 g/mol. The second kappa shape index (κ2) is 12.0. The second-order valence-electron chi connectivity index (χ2n) is 11.2. The van der Waals surface area contributed by atoms with E-state index in [0.717, 1.165) is 28.2 Å². The van der Waals surface area contributed by atoms with Gasteiger partial charge in [-0.25, -0.2) is 19.3 Å². The minimum Gasteiger partial charge on any atom is -0.350 e. The van der Waals surface area contributed by atoms with Crippen LogP contribution in [-0.2, 0) is 10.2 Å². The van der Waals surface area contributed by atoms with Crippen LogP contribution >= 0.6 is 23.1 Å². The lowest BCUT2D eigenvalue weighted by Gasteiger charge is -2.43. The van der Waals surface area contributed by atoms with Crippen molar-refractivity contribution in [2.75, 3.05) is 25.0 Å². The van der Waals surface area contributed by atoms with E-state index in [-0.39, 0.29) is 16.5 Å². The average Bonchev–Trinajstić information content (AvgIpc) is 3.63. The lowest BCUT2D eigenvalue weighted by Crippen LogP contribution is -2.54. The van der Waals surface area contributed by atoms with Crippen LogP contribution in [0.2, 0.25) is 0 Å². The first kappa shape index (κ1) is 29.2. The maximum absolute atomic E-state index is 15.6. The van der Waals surface area contributed by atoms with Gasteiger partial charge in [-0.05, 0) is 61.9 Å². The molecule has 0 unspecified atom stereocenters. The summed E-state index contributed by atoms with van der Waals surface area (Å²) >= 11 is 2.55. The lowest BCUT2D eigenvalue weighted by atomic mass is 9.72. The Bertz CT molecular complexity index is 1640. The van der Waals surface area contributed by atoms with E-state index >= 15 is 4.39 Å². The van der Waals surface area contributed by atoms with E-state index in [1.54, 1.807) is 18.5 Å². The number of nitrogens with two attached hydrogens (primary N) is 1. The molecule has 0 atom stereocenters. The zero-order chi connectivity index (χ0) is 30.0. The van der Waals surface area contributed by atoms with E-state index in [9.17, 15) is 9.59 Å². The summed E-state index contributed by atoms with van der Waals surface area (Å²) in [5.74, 6) is -0.573. The van der Waals surface area contributed by atoms with Crippen LogP contribution < -0.4 is 16.4 Å². The quantitative estimate of drug-likeness (QED) is 0.238. The number of rotatable bonds is 9. The number of likely N-dealkylation sites (tertiary alicyclic amines) is 1. The van der Waals surface area contributed by atoms with Gasteiger partial charge in [0.2, 0.25) is 5.91 Å². The zero-order valence-electron chi connectivity index (χ0n) is 23.7. The minimum atomic E-state index is -0.706. The topological polar surface area (TPSA) is 126 Å². The summed E-state index contributed by atoms with van der Waals surface area (Å²) in [6.07, 6.45) is 7.58. The number of anilines is 2. The van der Waals surface area contributed by atoms with Gasteiger partial charge in [-0.15, -0.1) is 0 Å². The van der Waals surface area contributed by atoms with E-state index in [0.29, 0.717) is 43.4 Å². The number of hydrogen-bond donors (Lipinski definition) is 3. The zero-order valence-corrected chi connectivity index (χ0v) is 25.3. The van der Waals surface area contributed by atoms with Gasteiger partial charge in [-0.2, -0.15) is 0 Å². The first-order valence-electron chi connectivity index (χ1n) is 14.1. The fraction of sp³-hybridized carbons (Fsp3) is 0.323. The van der Waals surface area contributed by atoms with Crippen LogP contribution in [0.3, 0.4) is 0 Å². The van der Waals surface area contributed by atoms with Gasteiger partial charge in [0.05, 0.1) is 20.8 Å². The summed E-state index contributed by atoms with van der Waals surface area (Å²) < 4.78 is 16.4. The van der Waals surface area contributed by atoms with Gasteiger partial charge in [0.15, 0.2) is 16.6 Å². The number of aryl methyl sites for hydroxylation is 1. The number of nitrogens with one attached hydrogen (secondary N) is 2. The number of amides is 2. The molecule has 1 aromatic carbocycles. The van der Waals surface area contributed by atoms with Gasteiger partial charge < -0.3 is 21.3 Å². The highest BCUT2D eigenvalue weighted by Crippen LogP contribution is 2.40. The monoisotopic (exact) mass is 617 g/mol. The van der Waals surface area contributed by atoms with Gasteiger partial charge in [0.25, 0.3) is 5.91 Å². The van der Waals surface area contributed by atoms with Crippen molar-refractivity contribution < 1.29 is 14.0 Å². The highest BCUT2D eigenvalue weighted by molar-refractivity contribution is 8.01. The van der Waals surface area contributed by atoms with E-state index in [1.807, 2.05) is 54.3 Å². The van der Waals surface area contributed by atoms with E-state index in [4.69, 9.17) is 5.73 Å². The molecule has 9 nitrogen and oxygen atoms in total. The first-order valence-corrected chi connectivity index (χ1v) is 15.8. The Morgan fingerprint density at radius 2 is 1.79 bits per heavy atom. The lowest BCUT2D eigenvalue weighted by molar-refractivity contribution is -0.135. The van der Waals surface area contributed by atoms with Crippen LogP contribution in [0.5, 0.6) is 0 Å². The number of benzene rings is 1. The minimum absolute atomic E-state index is 0.00876. The van der Waals surface area contributed by atoms with Crippen LogP contribution in [0, 0.1) is 12.7 Å². The molecule has 2 amide bonds. The standard InChI is InChI=1S/C31H32FN7O2S2/c1-20-7-13-34-23(17-20)38-29-36-18-24(43-29)42-22-8-14-35-26(25(22)32)27(40)37-19-30(21-5-3-2-4-6-21)11-15-39(16-12-30)28(41)31(33)9-10-31/h2-8,13-14,17-18H,9-12,15-16,19,33H2,1H3,(H,37,40)(H,34,36,38). The number of nitrogens with zero attached hydrogens (tertiary/aromatic N) is 4. The van der Waals surface area contributed by atoms with Crippen molar-refractivity contribution in [2.24, 2.45) is 5.73 Å². The largest absolute Gasteiger partial charge is 0.350 e. The SMILES string of the molecule is Cc1ccnc(Nc2ncc(Sc3ccnc(C(=O)NCC4(c5ccccc5)CCN(C(=O)C5(N)CC5)CC4)c3F)s2)c1. The summed E-state index contributed by atoms with van der Waals surface area (Å²) in [7, 11) is 0. The molecule has 1 aliphatic heterocycles. The number of hydrogen-bond acceptors (Lipinski definition) is 9. The summed E-state index contributed by atoms with van der Waals surface area (Å²) in [6.45, 7) is 3.37. The normalized spacial score (nSPS) is 16.9. The Kier molecular flexibility index (Phi) is 8.17. The number of pyridine rings is 2. The number of thiazole rings is 1. The van der Waals surface area contributed by atoms with E-state index in [1.165, 1.54) is 29.3 Å². The predicted octanol–water partition coefficient (Wildman–Crippen LogP) is 5.06. The number of carbonyl (C=O) groups is 2. The van der Waals surface area contributed by atoms with Gasteiger partial charge in [-0.1, -0.05) is 53.4 Å². The molecular formula is C31H32FN7O2S2. The summed E-state index contributed by atoms with van der Waals surface area (Å²) in [6, 6.07) is 15.3. The smallest absolute Gasteiger partial charge is 0.273 e. The Morgan fingerprint density at radius 3 is 2.51 bits per heavy atom. The van der Waals surface area contributed by atoms with Crippen molar-refractivity contribution >= 4 is 45.9 Å². The third-order valence-electron chi connectivity index (χ3n) is 8.11. The third-order valence-corrected chi connectivity index (χ3v) is 10.2. The highest BCUT2D eigenvalue weighted by atomic mass is 32.2. The molecule has 1 saturated carbocycles. The summed E-state index contributed by atoms with van der Waals surface area (Å²) in [4.78, 5) is 41.0. The molecule has 2 fully saturated rings. The molecule has 6 rings (SSSR count). The average molecular weight is 618 g/mol. The number of piperidine rings is 1. The van der Waals surface area contributed by atoms with Crippen LogP contribution in [-0.4, -0.2) is 56.8 Å². The van der Waals surface area contributed by atoms with Crippen molar-refractivity contribution in [3.05, 3.63) is 89.8 Å². The molecule has 12 heteroatoms. The number of aromatic nitrogens is 3. The fourth-order valence-electron chi connectivity index (χ4n) is 5.34. The van der Waals surface area contributed by atoms with Crippen molar-refractivity contribution in [2.45, 2.75) is 52.7 Å². The predicted molar refractivity (Wildman–Crippen MR) is 165 cm³/mol. The fourth-order valence-corrected chi connectivity index (χ4v) is 7.21. The molecule has 4 aromatic rings. The first-order chi connectivity index (χ1) is 20.7. The van der Waals surface area contributed by atoms with Crippen LogP contribution in [0.25, 0.3) is 0 Å². The maximum atomic E-state index is 15.6. The van der Waals surface area contributed by atoms with Gasteiger partial charge in [0.1, 0.15) is 5.82 Å². The molecule has 3 aromatic heterocycles. The number of carbonyl (C=O) groups excluding carboxylic acids is 2. The maximum Gasteiger partial charge on any atom is 0.273 e. The Hall–Kier alpha value is -3.87. The Balaban J connectivity index is 1.13. The van der Waals surface area contributed by atoms with Gasteiger partial charge in [-0.3, -0.25) is 9.59 Å². The van der Waals surface area contributed by atoms with Crippen molar-refractivity contribution in [1.29, 1.82) is 0 Å². The molecule has 4 heterocycles. The van der Waals surface area contributed by atoms with Crippen molar-refractivity contribution in [3.8, 4) is 0 Å². The Labute approximate surface area is 257 Å². The molecule has 43 heavy (non-hydrogen) atoms. The van der Waals surface area contributed by atoms with Crippen LogP contribution in [0.4, 0.5) is 15.3 Å². The van der Waals surface area contributed by atoms with Gasteiger partial charge >= 0.3 is 0 Å². The van der Waals surface area contributed by atoms with Crippen LogP contribution in [0.1, 0.15) is 47.3 Å². The second-order valence-corrected chi connectivity index (χ2v) is 13.6. The van der Waals surface area contributed by atoms with E-state index < -0.39 is 22.7 Å².